The molecular weight excluding hydrogens is 240 g/mol. The van der Waals surface area contributed by atoms with E-state index in [9.17, 15) is 0 Å². The standard InChI is InChI=1S/C10H14N4S2/c1-10(2,3)6-5-15-7(12-6)4-8-13-14-9(11)16-8/h5H,4H2,1-3H3,(H2,11,14). The van der Waals surface area contributed by atoms with Crippen LogP contribution in [0.1, 0.15) is 36.5 Å². The molecule has 0 aliphatic heterocycles. The van der Waals surface area contributed by atoms with E-state index < -0.39 is 0 Å². The van der Waals surface area contributed by atoms with E-state index in [2.05, 4.69) is 41.3 Å². The van der Waals surface area contributed by atoms with Crippen LogP contribution in [-0.4, -0.2) is 15.2 Å². The topological polar surface area (TPSA) is 64.7 Å². The van der Waals surface area contributed by atoms with E-state index in [0.29, 0.717) is 5.13 Å². The van der Waals surface area contributed by atoms with Gasteiger partial charge in [0.15, 0.2) is 0 Å². The minimum Gasteiger partial charge on any atom is -0.374 e. The van der Waals surface area contributed by atoms with Gasteiger partial charge in [-0.1, -0.05) is 32.1 Å². The summed E-state index contributed by atoms with van der Waals surface area (Å²) in [5, 5.41) is 12.4. The van der Waals surface area contributed by atoms with Gasteiger partial charge in [0, 0.05) is 10.8 Å². The molecule has 2 aromatic rings. The summed E-state index contributed by atoms with van der Waals surface area (Å²) in [7, 11) is 0. The SMILES string of the molecule is CC(C)(C)c1csc(Cc2nnc(N)s2)n1. The first-order chi connectivity index (χ1) is 7.45. The van der Waals surface area contributed by atoms with Gasteiger partial charge in [-0.3, -0.25) is 0 Å². The van der Waals surface area contributed by atoms with Crippen LogP contribution in [0.3, 0.4) is 0 Å². The van der Waals surface area contributed by atoms with Crippen molar-refractivity contribution in [2.24, 2.45) is 0 Å². The fourth-order valence-electron chi connectivity index (χ4n) is 1.20. The third-order valence-electron chi connectivity index (χ3n) is 2.11. The lowest BCUT2D eigenvalue weighted by atomic mass is 9.93. The Morgan fingerprint density at radius 3 is 2.50 bits per heavy atom. The van der Waals surface area contributed by atoms with E-state index >= 15 is 0 Å². The first-order valence-electron chi connectivity index (χ1n) is 4.98. The Kier molecular flexibility index (Phi) is 2.94. The monoisotopic (exact) mass is 254 g/mol. The first-order valence-corrected chi connectivity index (χ1v) is 6.67. The molecule has 0 fully saturated rings. The number of hydrogen-bond donors (Lipinski definition) is 1. The zero-order valence-electron chi connectivity index (χ0n) is 9.52. The molecule has 86 valence electrons. The van der Waals surface area contributed by atoms with Crippen LogP contribution < -0.4 is 5.73 Å². The number of aromatic nitrogens is 3. The molecule has 0 saturated heterocycles. The third-order valence-corrected chi connectivity index (χ3v) is 3.71. The van der Waals surface area contributed by atoms with Crippen molar-refractivity contribution in [2.45, 2.75) is 32.6 Å². The minimum atomic E-state index is 0.106. The Morgan fingerprint density at radius 2 is 2.00 bits per heavy atom. The molecule has 0 bridgehead atoms. The van der Waals surface area contributed by atoms with Gasteiger partial charge in [0.2, 0.25) is 5.13 Å². The second-order valence-electron chi connectivity index (χ2n) is 4.59. The molecule has 0 aliphatic carbocycles. The van der Waals surface area contributed by atoms with Crippen molar-refractivity contribution in [1.82, 2.24) is 15.2 Å². The Balaban J connectivity index is 2.14. The average molecular weight is 254 g/mol. The Labute approximate surface area is 103 Å². The van der Waals surface area contributed by atoms with Crippen LogP contribution in [-0.2, 0) is 11.8 Å². The Morgan fingerprint density at radius 1 is 1.25 bits per heavy atom. The second-order valence-corrected chi connectivity index (χ2v) is 6.62. The molecule has 6 heteroatoms. The van der Waals surface area contributed by atoms with Crippen LogP contribution in [0.15, 0.2) is 5.38 Å². The summed E-state index contributed by atoms with van der Waals surface area (Å²) in [5.41, 5.74) is 6.77. The van der Waals surface area contributed by atoms with E-state index in [0.717, 1.165) is 22.1 Å². The summed E-state index contributed by atoms with van der Waals surface area (Å²) < 4.78 is 0. The van der Waals surface area contributed by atoms with Gasteiger partial charge >= 0.3 is 0 Å². The maximum Gasteiger partial charge on any atom is 0.203 e. The molecule has 0 unspecified atom stereocenters. The third kappa shape index (κ3) is 2.56. The highest BCUT2D eigenvalue weighted by molar-refractivity contribution is 7.15. The minimum absolute atomic E-state index is 0.106. The van der Waals surface area contributed by atoms with E-state index in [1.54, 1.807) is 11.3 Å². The maximum absolute atomic E-state index is 5.53. The van der Waals surface area contributed by atoms with Crippen LogP contribution >= 0.6 is 22.7 Å². The predicted octanol–water partition coefficient (Wildman–Crippen LogP) is 2.47. The van der Waals surface area contributed by atoms with Gasteiger partial charge in [-0.25, -0.2) is 4.98 Å². The van der Waals surface area contributed by atoms with Crippen LogP contribution in [0, 0.1) is 0 Å². The number of anilines is 1. The smallest absolute Gasteiger partial charge is 0.203 e. The van der Waals surface area contributed by atoms with Crippen molar-refractivity contribution < 1.29 is 0 Å². The van der Waals surface area contributed by atoms with Gasteiger partial charge in [-0.2, -0.15) is 0 Å². The molecule has 2 rings (SSSR count). The van der Waals surface area contributed by atoms with Crippen LogP contribution in [0.4, 0.5) is 5.13 Å². The lowest BCUT2D eigenvalue weighted by Gasteiger charge is -2.14. The van der Waals surface area contributed by atoms with Crippen molar-refractivity contribution >= 4 is 27.8 Å². The Bertz CT molecular complexity index is 481. The predicted molar refractivity (Wildman–Crippen MR) is 67.9 cm³/mol. The van der Waals surface area contributed by atoms with Gasteiger partial charge in [-0.05, 0) is 0 Å². The Hall–Kier alpha value is -1.01. The van der Waals surface area contributed by atoms with Crippen molar-refractivity contribution in [3.63, 3.8) is 0 Å². The normalized spacial score (nSPS) is 11.9. The zero-order chi connectivity index (χ0) is 11.8. The van der Waals surface area contributed by atoms with E-state index in [4.69, 9.17) is 5.73 Å². The van der Waals surface area contributed by atoms with E-state index in [1.165, 1.54) is 11.3 Å². The maximum atomic E-state index is 5.53. The van der Waals surface area contributed by atoms with Crippen LogP contribution in [0.2, 0.25) is 0 Å². The fraction of sp³-hybridized carbons (Fsp3) is 0.500. The van der Waals surface area contributed by atoms with Gasteiger partial charge in [0.05, 0.1) is 17.1 Å². The number of nitrogen functional groups attached to an aromatic ring is 1. The molecule has 2 N–H and O–H groups in total. The van der Waals surface area contributed by atoms with Gasteiger partial charge in [0.25, 0.3) is 0 Å². The average Bonchev–Trinajstić information content (AvgIpc) is 2.74. The number of thiazole rings is 1. The van der Waals surface area contributed by atoms with Crippen LogP contribution in [0.25, 0.3) is 0 Å². The highest BCUT2D eigenvalue weighted by Gasteiger charge is 2.17. The molecule has 0 atom stereocenters. The zero-order valence-corrected chi connectivity index (χ0v) is 11.2. The largest absolute Gasteiger partial charge is 0.374 e. The molecule has 2 heterocycles. The van der Waals surface area contributed by atoms with Crippen molar-refractivity contribution in [1.29, 1.82) is 0 Å². The van der Waals surface area contributed by atoms with Crippen LogP contribution in [0.5, 0.6) is 0 Å². The lowest BCUT2D eigenvalue weighted by Crippen LogP contribution is -2.11. The molecule has 4 nitrogen and oxygen atoms in total. The summed E-state index contributed by atoms with van der Waals surface area (Å²) in [5.74, 6) is 0. The molecular formula is C10H14N4S2. The quantitative estimate of drug-likeness (QED) is 0.894. The van der Waals surface area contributed by atoms with Crippen molar-refractivity contribution in [3.05, 3.63) is 21.1 Å². The summed E-state index contributed by atoms with van der Waals surface area (Å²) in [6.45, 7) is 6.48. The lowest BCUT2D eigenvalue weighted by molar-refractivity contribution is 0.571. The van der Waals surface area contributed by atoms with Crippen molar-refractivity contribution in [2.75, 3.05) is 5.73 Å². The highest BCUT2D eigenvalue weighted by atomic mass is 32.1. The molecule has 0 spiro atoms. The van der Waals surface area contributed by atoms with Gasteiger partial charge in [-0.15, -0.1) is 21.5 Å². The van der Waals surface area contributed by atoms with E-state index in [-0.39, 0.29) is 5.41 Å². The molecule has 0 aromatic carbocycles. The fourth-order valence-corrected chi connectivity index (χ4v) is 2.93. The molecule has 0 aliphatic rings. The summed E-state index contributed by atoms with van der Waals surface area (Å²) in [6, 6.07) is 0. The number of hydrogen-bond acceptors (Lipinski definition) is 6. The van der Waals surface area contributed by atoms with Crippen molar-refractivity contribution in [3.8, 4) is 0 Å². The summed E-state index contributed by atoms with van der Waals surface area (Å²) in [6.07, 6.45) is 0.732. The number of rotatable bonds is 2. The molecule has 16 heavy (non-hydrogen) atoms. The number of nitrogens with two attached hydrogens (primary N) is 1. The second kappa shape index (κ2) is 4.10. The molecule has 0 saturated carbocycles. The van der Waals surface area contributed by atoms with Gasteiger partial charge in [0.1, 0.15) is 5.01 Å². The highest BCUT2D eigenvalue weighted by Crippen LogP contribution is 2.25. The molecule has 0 amide bonds. The molecule has 2 aromatic heterocycles. The number of nitrogens with zero attached hydrogens (tertiary/aromatic N) is 3. The first kappa shape index (κ1) is 11.5. The molecule has 0 radical (unpaired) electrons. The summed E-state index contributed by atoms with van der Waals surface area (Å²) >= 11 is 3.09. The summed E-state index contributed by atoms with van der Waals surface area (Å²) in [4.78, 5) is 4.60. The van der Waals surface area contributed by atoms with E-state index in [1.807, 2.05) is 0 Å². The van der Waals surface area contributed by atoms with Gasteiger partial charge < -0.3 is 5.73 Å².